The molecule has 7 heteroatoms. The Morgan fingerprint density at radius 2 is 1.62 bits per heavy atom. The number of nitrogens with zero attached hydrogens (tertiary/aromatic N) is 1. The van der Waals surface area contributed by atoms with Gasteiger partial charge in [-0.05, 0) is 47.4 Å². The van der Waals surface area contributed by atoms with Crippen LogP contribution in [0.5, 0.6) is 0 Å². The number of hydrogen-bond donors (Lipinski definition) is 2. The summed E-state index contributed by atoms with van der Waals surface area (Å²) >= 11 is 0. The topological polar surface area (TPSA) is 95.9 Å². The third-order valence-corrected chi connectivity index (χ3v) is 7.09. The molecule has 2 amide bonds. The Morgan fingerprint density at radius 1 is 1.00 bits per heavy atom. The van der Waals surface area contributed by atoms with Crippen LogP contribution in [0.1, 0.15) is 42.7 Å². The predicted molar refractivity (Wildman–Crippen MR) is 117 cm³/mol. The normalized spacial score (nSPS) is 20.4. The number of benzene rings is 2. The highest BCUT2D eigenvalue weighted by Crippen LogP contribution is 2.44. The van der Waals surface area contributed by atoms with Crippen molar-refractivity contribution in [3.8, 4) is 11.1 Å². The van der Waals surface area contributed by atoms with E-state index in [1.54, 1.807) is 0 Å². The highest BCUT2D eigenvalue weighted by molar-refractivity contribution is 5.91. The second-order valence-corrected chi connectivity index (χ2v) is 8.81. The van der Waals surface area contributed by atoms with Crippen molar-refractivity contribution >= 4 is 18.0 Å². The summed E-state index contributed by atoms with van der Waals surface area (Å²) in [4.78, 5) is 38.4. The van der Waals surface area contributed by atoms with Crippen LogP contribution in [0.15, 0.2) is 48.5 Å². The van der Waals surface area contributed by atoms with E-state index >= 15 is 0 Å². The number of ether oxygens (including phenoxy) is 1. The maximum absolute atomic E-state index is 13.0. The van der Waals surface area contributed by atoms with Crippen molar-refractivity contribution in [2.75, 3.05) is 13.2 Å². The quantitative estimate of drug-likeness (QED) is 0.727. The Labute approximate surface area is 186 Å². The van der Waals surface area contributed by atoms with Gasteiger partial charge in [-0.2, -0.15) is 0 Å². The number of carbonyl (C=O) groups is 3. The molecule has 2 aromatic rings. The van der Waals surface area contributed by atoms with Gasteiger partial charge in [0.2, 0.25) is 5.91 Å². The van der Waals surface area contributed by atoms with E-state index in [0.29, 0.717) is 13.0 Å². The lowest BCUT2D eigenvalue weighted by Crippen LogP contribution is -2.62. The number of hydrogen-bond acceptors (Lipinski definition) is 4. The molecule has 7 nitrogen and oxygen atoms in total. The molecule has 1 heterocycles. The van der Waals surface area contributed by atoms with Crippen LogP contribution < -0.4 is 5.32 Å². The van der Waals surface area contributed by atoms with Gasteiger partial charge in [0.25, 0.3) is 0 Å². The van der Waals surface area contributed by atoms with Crippen LogP contribution >= 0.6 is 0 Å². The molecule has 0 radical (unpaired) electrons. The van der Waals surface area contributed by atoms with Gasteiger partial charge < -0.3 is 20.1 Å². The maximum atomic E-state index is 13.0. The lowest BCUT2D eigenvalue weighted by atomic mass is 9.78. The van der Waals surface area contributed by atoms with Crippen LogP contribution in [0.25, 0.3) is 11.1 Å². The number of nitrogens with one attached hydrogen (secondary N) is 1. The van der Waals surface area contributed by atoms with E-state index in [1.165, 1.54) is 4.90 Å². The monoisotopic (exact) mass is 434 g/mol. The second kappa shape index (κ2) is 8.30. The van der Waals surface area contributed by atoms with Crippen molar-refractivity contribution in [3.05, 3.63) is 59.7 Å². The average molecular weight is 434 g/mol. The largest absolute Gasteiger partial charge is 0.480 e. The van der Waals surface area contributed by atoms with Crippen molar-refractivity contribution < 1.29 is 24.2 Å². The van der Waals surface area contributed by atoms with E-state index in [2.05, 4.69) is 29.6 Å². The molecule has 32 heavy (non-hydrogen) atoms. The fourth-order valence-corrected chi connectivity index (χ4v) is 5.01. The Bertz CT molecular complexity index is 1020. The van der Waals surface area contributed by atoms with Crippen LogP contribution in [0.3, 0.4) is 0 Å². The minimum absolute atomic E-state index is 0.0260. The molecule has 2 N–H and O–H groups in total. The number of fused-ring (bicyclic) bond motifs is 3. The molecule has 0 bridgehead atoms. The number of amides is 2. The lowest BCUT2D eigenvalue weighted by molar-refractivity contribution is -0.159. The standard InChI is InChI=1S/C25H26N2O5/c28-23(27-13-12-21(27)24(29)30)22(15-6-5-7-15)26-25(31)32-14-20-18-10-3-1-8-16(18)17-9-2-4-11-19(17)20/h1-4,8-11,15,20-22H,5-7,12-14H2,(H,26,31)(H,29,30). The minimum Gasteiger partial charge on any atom is -0.480 e. The molecule has 0 aromatic heterocycles. The Morgan fingerprint density at radius 3 is 2.12 bits per heavy atom. The summed E-state index contributed by atoms with van der Waals surface area (Å²) in [6.07, 6.45) is 2.49. The van der Waals surface area contributed by atoms with E-state index in [-0.39, 0.29) is 24.3 Å². The summed E-state index contributed by atoms with van der Waals surface area (Å²) in [5.74, 6) is -1.35. The second-order valence-electron chi connectivity index (χ2n) is 8.81. The summed E-state index contributed by atoms with van der Waals surface area (Å²) in [6, 6.07) is 14.7. The van der Waals surface area contributed by atoms with Crippen LogP contribution in [-0.4, -0.2) is 53.2 Å². The van der Waals surface area contributed by atoms with Gasteiger partial charge in [0.1, 0.15) is 18.7 Å². The molecule has 2 fully saturated rings. The molecule has 0 spiro atoms. The SMILES string of the molecule is O=C(NC(C(=O)N1CCC1C(=O)O)C1CCC1)OCC1c2ccccc2-c2ccccc21. The van der Waals surface area contributed by atoms with Crippen LogP contribution in [0.2, 0.25) is 0 Å². The van der Waals surface area contributed by atoms with E-state index in [0.717, 1.165) is 41.5 Å². The summed E-state index contributed by atoms with van der Waals surface area (Å²) in [5, 5.41) is 12.0. The van der Waals surface area contributed by atoms with Crippen molar-refractivity contribution in [1.29, 1.82) is 0 Å². The zero-order chi connectivity index (χ0) is 22.2. The first kappa shape index (κ1) is 20.5. The predicted octanol–water partition coefficient (Wildman–Crippen LogP) is 3.38. The van der Waals surface area contributed by atoms with Gasteiger partial charge in [0.05, 0.1) is 0 Å². The van der Waals surface area contributed by atoms with Crippen molar-refractivity contribution in [3.63, 3.8) is 0 Å². The average Bonchev–Trinajstić information content (AvgIpc) is 3.03. The molecular formula is C25H26N2O5. The molecule has 1 saturated carbocycles. The Hall–Kier alpha value is -3.35. The Kier molecular flexibility index (Phi) is 5.33. The van der Waals surface area contributed by atoms with Crippen LogP contribution in [0, 0.1) is 5.92 Å². The maximum Gasteiger partial charge on any atom is 0.407 e. The third kappa shape index (κ3) is 3.51. The molecule has 166 valence electrons. The zero-order valence-corrected chi connectivity index (χ0v) is 17.7. The molecule has 3 aliphatic rings. The van der Waals surface area contributed by atoms with Gasteiger partial charge in [-0.15, -0.1) is 0 Å². The Balaban J connectivity index is 1.27. The van der Waals surface area contributed by atoms with Crippen molar-refractivity contribution in [1.82, 2.24) is 10.2 Å². The number of carboxylic acid groups (broad SMARTS) is 1. The van der Waals surface area contributed by atoms with E-state index in [9.17, 15) is 19.5 Å². The number of alkyl carbamates (subject to hydrolysis) is 1. The highest BCUT2D eigenvalue weighted by atomic mass is 16.5. The zero-order valence-electron chi connectivity index (χ0n) is 17.7. The van der Waals surface area contributed by atoms with Gasteiger partial charge in [0, 0.05) is 12.5 Å². The van der Waals surface area contributed by atoms with Gasteiger partial charge >= 0.3 is 12.1 Å². The lowest BCUT2D eigenvalue weighted by Gasteiger charge is -2.43. The third-order valence-electron chi connectivity index (χ3n) is 7.09. The highest BCUT2D eigenvalue weighted by Gasteiger charge is 2.44. The molecule has 1 saturated heterocycles. The fourth-order valence-electron chi connectivity index (χ4n) is 5.01. The van der Waals surface area contributed by atoms with E-state index in [4.69, 9.17) is 4.74 Å². The van der Waals surface area contributed by atoms with Crippen molar-refractivity contribution in [2.24, 2.45) is 5.92 Å². The summed E-state index contributed by atoms with van der Waals surface area (Å²) in [7, 11) is 0. The minimum atomic E-state index is -1.00. The van der Waals surface area contributed by atoms with E-state index in [1.807, 2.05) is 24.3 Å². The number of carbonyl (C=O) groups excluding carboxylic acids is 2. The summed E-state index contributed by atoms with van der Waals surface area (Å²) < 4.78 is 5.61. The smallest absolute Gasteiger partial charge is 0.407 e. The number of aliphatic carboxylic acids is 1. The molecule has 2 atom stereocenters. The van der Waals surface area contributed by atoms with Crippen LogP contribution in [-0.2, 0) is 14.3 Å². The molecule has 2 aliphatic carbocycles. The van der Waals surface area contributed by atoms with Gasteiger partial charge in [-0.25, -0.2) is 9.59 Å². The first-order valence-electron chi connectivity index (χ1n) is 11.2. The van der Waals surface area contributed by atoms with Crippen LogP contribution in [0.4, 0.5) is 4.79 Å². The molecule has 2 unspecified atom stereocenters. The number of carboxylic acids is 1. The first-order valence-corrected chi connectivity index (χ1v) is 11.2. The molecular weight excluding hydrogens is 408 g/mol. The summed E-state index contributed by atoms with van der Waals surface area (Å²) in [6.45, 7) is 0.582. The molecule has 5 rings (SSSR count). The van der Waals surface area contributed by atoms with Crippen molar-refractivity contribution in [2.45, 2.75) is 43.7 Å². The number of likely N-dealkylation sites (tertiary alicyclic amines) is 1. The number of rotatable bonds is 6. The molecule has 2 aromatic carbocycles. The fraction of sp³-hybridized carbons (Fsp3) is 0.400. The first-order chi connectivity index (χ1) is 15.5. The molecule has 1 aliphatic heterocycles. The van der Waals surface area contributed by atoms with E-state index < -0.39 is 24.1 Å². The van der Waals surface area contributed by atoms with Gasteiger partial charge in [0.15, 0.2) is 0 Å². The summed E-state index contributed by atoms with van der Waals surface area (Å²) in [5.41, 5.74) is 4.55. The van der Waals surface area contributed by atoms with Gasteiger partial charge in [-0.3, -0.25) is 4.79 Å². The van der Waals surface area contributed by atoms with Gasteiger partial charge in [-0.1, -0.05) is 55.0 Å².